The number of hydrogen-bond donors (Lipinski definition) is 2. The molecule has 1 aromatic carbocycles. The van der Waals surface area contributed by atoms with Crippen LogP contribution in [0.15, 0.2) is 24.3 Å². The summed E-state index contributed by atoms with van der Waals surface area (Å²) in [7, 11) is 0. The molecule has 0 saturated heterocycles. The summed E-state index contributed by atoms with van der Waals surface area (Å²) in [4.78, 5) is 0. The topological polar surface area (TPSA) is 33.3 Å². The summed E-state index contributed by atoms with van der Waals surface area (Å²) in [6.45, 7) is 13.7. The van der Waals surface area contributed by atoms with Crippen molar-refractivity contribution in [3.05, 3.63) is 29.8 Å². The third-order valence-electron chi connectivity index (χ3n) is 2.79. The van der Waals surface area contributed by atoms with E-state index in [2.05, 4.69) is 49.6 Å². The SMILES string of the molecule is CC(C)Oc1cccc(CNCCCNC(C)(C)C)c1. The van der Waals surface area contributed by atoms with Crippen LogP contribution in [0, 0.1) is 0 Å². The van der Waals surface area contributed by atoms with Crippen LogP contribution in [-0.2, 0) is 6.54 Å². The molecule has 0 amide bonds. The van der Waals surface area contributed by atoms with Gasteiger partial charge >= 0.3 is 0 Å². The van der Waals surface area contributed by atoms with Crippen LogP contribution in [0.3, 0.4) is 0 Å². The molecule has 20 heavy (non-hydrogen) atoms. The van der Waals surface area contributed by atoms with E-state index in [-0.39, 0.29) is 11.6 Å². The number of ether oxygens (including phenoxy) is 1. The molecule has 0 unspecified atom stereocenters. The van der Waals surface area contributed by atoms with E-state index in [1.54, 1.807) is 0 Å². The maximum atomic E-state index is 5.70. The van der Waals surface area contributed by atoms with Crippen molar-refractivity contribution in [1.29, 1.82) is 0 Å². The normalized spacial score (nSPS) is 11.9. The minimum Gasteiger partial charge on any atom is -0.491 e. The molecule has 3 heteroatoms. The first-order valence-electron chi connectivity index (χ1n) is 7.58. The molecule has 0 atom stereocenters. The zero-order valence-corrected chi connectivity index (χ0v) is 13.6. The summed E-state index contributed by atoms with van der Waals surface area (Å²) >= 11 is 0. The van der Waals surface area contributed by atoms with Gasteiger partial charge in [-0.2, -0.15) is 0 Å². The molecule has 114 valence electrons. The van der Waals surface area contributed by atoms with Crippen molar-refractivity contribution in [2.24, 2.45) is 0 Å². The van der Waals surface area contributed by atoms with Crippen molar-refractivity contribution in [2.45, 2.75) is 59.2 Å². The average Bonchev–Trinajstić information content (AvgIpc) is 2.32. The lowest BCUT2D eigenvalue weighted by atomic mass is 10.1. The summed E-state index contributed by atoms with van der Waals surface area (Å²) < 4.78 is 5.70. The van der Waals surface area contributed by atoms with Gasteiger partial charge in [0.2, 0.25) is 0 Å². The van der Waals surface area contributed by atoms with E-state index in [1.807, 2.05) is 19.9 Å². The third kappa shape index (κ3) is 8.18. The molecule has 2 N–H and O–H groups in total. The van der Waals surface area contributed by atoms with E-state index in [0.29, 0.717) is 0 Å². The lowest BCUT2D eigenvalue weighted by Crippen LogP contribution is -2.37. The highest BCUT2D eigenvalue weighted by molar-refractivity contribution is 5.28. The molecule has 1 rings (SSSR count). The predicted molar refractivity (Wildman–Crippen MR) is 86.3 cm³/mol. The van der Waals surface area contributed by atoms with Crippen molar-refractivity contribution in [3.8, 4) is 5.75 Å². The Morgan fingerprint density at radius 3 is 2.55 bits per heavy atom. The summed E-state index contributed by atoms with van der Waals surface area (Å²) in [5.41, 5.74) is 1.48. The highest BCUT2D eigenvalue weighted by Crippen LogP contribution is 2.14. The molecular weight excluding hydrogens is 248 g/mol. The molecule has 0 bridgehead atoms. The van der Waals surface area contributed by atoms with Gasteiger partial charge in [0.1, 0.15) is 5.75 Å². The van der Waals surface area contributed by atoms with Gasteiger partial charge in [0, 0.05) is 12.1 Å². The van der Waals surface area contributed by atoms with Crippen LogP contribution >= 0.6 is 0 Å². The second kappa shape index (κ2) is 8.28. The second-order valence-electron chi connectivity index (χ2n) is 6.52. The van der Waals surface area contributed by atoms with Crippen LogP contribution in [0.2, 0.25) is 0 Å². The Bertz CT molecular complexity index is 383. The minimum absolute atomic E-state index is 0.211. The molecule has 0 aliphatic rings. The smallest absolute Gasteiger partial charge is 0.120 e. The maximum Gasteiger partial charge on any atom is 0.120 e. The molecule has 0 fully saturated rings. The fourth-order valence-electron chi connectivity index (χ4n) is 1.91. The Hall–Kier alpha value is -1.06. The number of rotatable bonds is 8. The van der Waals surface area contributed by atoms with Crippen molar-refractivity contribution >= 4 is 0 Å². The second-order valence-corrected chi connectivity index (χ2v) is 6.52. The van der Waals surface area contributed by atoms with E-state index < -0.39 is 0 Å². The Labute approximate surface area is 124 Å². The fraction of sp³-hybridized carbons (Fsp3) is 0.647. The van der Waals surface area contributed by atoms with Crippen LogP contribution < -0.4 is 15.4 Å². The first-order chi connectivity index (χ1) is 9.37. The number of hydrogen-bond acceptors (Lipinski definition) is 3. The molecule has 0 aliphatic heterocycles. The average molecular weight is 278 g/mol. The Morgan fingerprint density at radius 1 is 1.15 bits per heavy atom. The fourth-order valence-corrected chi connectivity index (χ4v) is 1.91. The van der Waals surface area contributed by atoms with Gasteiger partial charge in [-0.25, -0.2) is 0 Å². The Kier molecular flexibility index (Phi) is 7.03. The molecule has 3 nitrogen and oxygen atoms in total. The Morgan fingerprint density at radius 2 is 1.90 bits per heavy atom. The quantitative estimate of drug-likeness (QED) is 0.716. The van der Waals surface area contributed by atoms with Crippen LogP contribution in [0.25, 0.3) is 0 Å². The number of nitrogens with one attached hydrogen (secondary N) is 2. The van der Waals surface area contributed by atoms with Gasteiger partial charge in [0.25, 0.3) is 0 Å². The molecule has 0 heterocycles. The van der Waals surface area contributed by atoms with Crippen molar-refractivity contribution < 1.29 is 4.74 Å². The van der Waals surface area contributed by atoms with Gasteiger partial charge in [-0.3, -0.25) is 0 Å². The predicted octanol–water partition coefficient (Wildman–Crippen LogP) is 3.34. The van der Waals surface area contributed by atoms with Gasteiger partial charge in [0.05, 0.1) is 6.10 Å². The first-order valence-corrected chi connectivity index (χ1v) is 7.58. The van der Waals surface area contributed by atoms with Gasteiger partial charge in [-0.05, 0) is 71.8 Å². The molecule has 0 spiro atoms. The van der Waals surface area contributed by atoms with E-state index in [9.17, 15) is 0 Å². The molecular formula is C17H30N2O. The van der Waals surface area contributed by atoms with Gasteiger partial charge < -0.3 is 15.4 Å². The van der Waals surface area contributed by atoms with E-state index >= 15 is 0 Å². The first kappa shape index (κ1) is 17.0. The minimum atomic E-state index is 0.211. The highest BCUT2D eigenvalue weighted by atomic mass is 16.5. The summed E-state index contributed by atoms with van der Waals surface area (Å²) in [5, 5.41) is 6.96. The summed E-state index contributed by atoms with van der Waals surface area (Å²) in [5.74, 6) is 0.952. The zero-order chi connectivity index (χ0) is 15.0. The molecule has 0 radical (unpaired) electrons. The van der Waals surface area contributed by atoms with E-state index in [0.717, 1.165) is 31.8 Å². The molecule has 0 saturated carbocycles. The lowest BCUT2D eigenvalue weighted by molar-refractivity contribution is 0.242. The van der Waals surface area contributed by atoms with Crippen molar-refractivity contribution in [3.63, 3.8) is 0 Å². The van der Waals surface area contributed by atoms with Crippen LogP contribution in [0.1, 0.15) is 46.6 Å². The van der Waals surface area contributed by atoms with Crippen molar-refractivity contribution in [1.82, 2.24) is 10.6 Å². The molecule has 0 aromatic heterocycles. The molecule has 0 aliphatic carbocycles. The summed E-state index contributed by atoms with van der Waals surface area (Å²) in [6, 6.07) is 8.31. The zero-order valence-electron chi connectivity index (χ0n) is 13.6. The lowest BCUT2D eigenvalue weighted by Gasteiger charge is -2.20. The largest absolute Gasteiger partial charge is 0.491 e. The highest BCUT2D eigenvalue weighted by Gasteiger charge is 2.06. The van der Waals surface area contributed by atoms with E-state index in [1.165, 1.54) is 5.56 Å². The van der Waals surface area contributed by atoms with Crippen LogP contribution in [0.5, 0.6) is 5.75 Å². The van der Waals surface area contributed by atoms with E-state index in [4.69, 9.17) is 4.74 Å². The third-order valence-corrected chi connectivity index (χ3v) is 2.79. The van der Waals surface area contributed by atoms with Crippen molar-refractivity contribution in [2.75, 3.05) is 13.1 Å². The monoisotopic (exact) mass is 278 g/mol. The maximum absolute atomic E-state index is 5.70. The number of benzene rings is 1. The van der Waals surface area contributed by atoms with Crippen LogP contribution in [0.4, 0.5) is 0 Å². The van der Waals surface area contributed by atoms with Gasteiger partial charge in [-0.15, -0.1) is 0 Å². The van der Waals surface area contributed by atoms with Gasteiger partial charge in [0.15, 0.2) is 0 Å². The summed E-state index contributed by atoms with van der Waals surface area (Å²) in [6.07, 6.45) is 1.36. The Balaban J connectivity index is 2.22. The standard InChI is InChI=1S/C17H30N2O/c1-14(2)20-16-9-6-8-15(12-16)13-18-10-7-11-19-17(3,4)5/h6,8-9,12,14,18-19H,7,10-11,13H2,1-5H3. The van der Waals surface area contributed by atoms with Crippen LogP contribution in [-0.4, -0.2) is 24.7 Å². The van der Waals surface area contributed by atoms with Gasteiger partial charge in [-0.1, -0.05) is 12.1 Å². The molecule has 1 aromatic rings.